The second-order valence-corrected chi connectivity index (χ2v) is 6.14. The number of hydrogen-bond acceptors (Lipinski definition) is 3. The summed E-state index contributed by atoms with van der Waals surface area (Å²) >= 11 is 0. The smallest absolute Gasteiger partial charge is 0.144 e. The van der Waals surface area contributed by atoms with Crippen LogP contribution in [0.1, 0.15) is 50.0 Å². The van der Waals surface area contributed by atoms with Gasteiger partial charge in [0.15, 0.2) is 0 Å². The number of benzene rings is 2. The summed E-state index contributed by atoms with van der Waals surface area (Å²) in [5.74, 6) is -1.11. The fourth-order valence-electron chi connectivity index (χ4n) is 3.20. The Balaban J connectivity index is 2.22. The fourth-order valence-corrected chi connectivity index (χ4v) is 3.20. The lowest BCUT2D eigenvalue weighted by molar-refractivity contribution is -0.134. The van der Waals surface area contributed by atoms with Gasteiger partial charge in [0.25, 0.3) is 0 Å². The van der Waals surface area contributed by atoms with E-state index in [4.69, 9.17) is 0 Å². The highest BCUT2D eigenvalue weighted by molar-refractivity contribution is 5.84. The number of carbonyl (C=O) groups is 1. The Morgan fingerprint density at radius 1 is 0.750 bits per heavy atom. The van der Waals surface area contributed by atoms with Crippen molar-refractivity contribution in [3.8, 4) is 0 Å². The van der Waals surface area contributed by atoms with E-state index in [0.717, 1.165) is 11.1 Å². The van der Waals surface area contributed by atoms with Gasteiger partial charge in [0.05, 0.1) is 12.2 Å². The quantitative estimate of drug-likeness (QED) is 0.768. The van der Waals surface area contributed by atoms with Crippen LogP contribution in [0.2, 0.25) is 0 Å². The van der Waals surface area contributed by atoms with Crippen LogP contribution in [0.5, 0.6) is 0 Å². The third-order valence-corrected chi connectivity index (χ3v) is 4.66. The molecule has 0 fully saturated rings. The molecule has 128 valence electrons. The number of aliphatic hydroxyl groups is 2. The Morgan fingerprint density at radius 3 is 1.38 bits per heavy atom. The zero-order chi connectivity index (χ0) is 17.5. The molecule has 2 aromatic carbocycles. The Hall–Kier alpha value is -1.97. The van der Waals surface area contributed by atoms with Gasteiger partial charge in [-0.1, -0.05) is 74.5 Å². The van der Waals surface area contributed by atoms with Crippen molar-refractivity contribution in [2.75, 3.05) is 0 Å². The van der Waals surface area contributed by atoms with Crippen LogP contribution in [-0.2, 0) is 4.79 Å². The zero-order valence-electron chi connectivity index (χ0n) is 14.3. The Labute approximate surface area is 144 Å². The van der Waals surface area contributed by atoms with Crippen LogP contribution in [0.15, 0.2) is 60.7 Å². The van der Waals surface area contributed by atoms with E-state index in [1.54, 1.807) is 0 Å². The topological polar surface area (TPSA) is 57.5 Å². The van der Waals surface area contributed by atoms with Gasteiger partial charge in [0.2, 0.25) is 0 Å². The van der Waals surface area contributed by atoms with Crippen molar-refractivity contribution >= 4 is 5.78 Å². The molecule has 0 spiro atoms. The highest BCUT2D eigenvalue weighted by Crippen LogP contribution is 2.33. The predicted octanol–water partition coefficient (Wildman–Crippen LogP) is 4.08. The van der Waals surface area contributed by atoms with Crippen molar-refractivity contribution in [3.63, 3.8) is 0 Å². The first kappa shape index (κ1) is 18.4. The van der Waals surface area contributed by atoms with Crippen LogP contribution >= 0.6 is 0 Å². The number of Topliss-reactive ketones (excluding diaryl/α,β-unsaturated/α-hetero) is 1. The maximum absolute atomic E-state index is 13.0. The molecule has 24 heavy (non-hydrogen) atoms. The third kappa shape index (κ3) is 4.11. The van der Waals surface area contributed by atoms with Gasteiger partial charge in [-0.2, -0.15) is 0 Å². The van der Waals surface area contributed by atoms with Gasteiger partial charge in [0, 0.05) is 11.8 Å². The van der Waals surface area contributed by atoms with E-state index >= 15 is 0 Å². The van der Waals surface area contributed by atoms with Crippen LogP contribution < -0.4 is 0 Å². The van der Waals surface area contributed by atoms with E-state index in [0.29, 0.717) is 12.8 Å². The van der Waals surface area contributed by atoms with Crippen molar-refractivity contribution in [2.24, 2.45) is 11.8 Å². The van der Waals surface area contributed by atoms with Crippen molar-refractivity contribution in [1.29, 1.82) is 0 Å². The van der Waals surface area contributed by atoms with Crippen molar-refractivity contribution in [2.45, 2.75) is 38.9 Å². The van der Waals surface area contributed by atoms with Gasteiger partial charge in [-0.05, 0) is 24.0 Å². The average Bonchev–Trinajstić information content (AvgIpc) is 2.64. The minimum atomic E-state index is -0.847. The Kier molecular flexibility index (Phi) is 6.71. The third-order valence-electron chi connectivity index (χ3n) is 4.66. The second-order valence-electron chi connectivity index (χ2n) is 6.14. The van der Waals surface area contributed by atoms with E-state index in [1.807, 2.05) is 74.5 Å². The standard InChI is InChI=1S/C21H26O3/c1-3-17(19(22)15-11-7-5-8-12-15)21(24)18(4-2)20(23)16-13-9-6-10-14-16/h5-14,17-20,22-23H,3-4H2,1-2H3/t17-,18-,19-,20-/m0/s1. The van der Waals surface area contributed by atoms with Crippen LogP contribution in [0.25, 0.3) is 0 Å². The molecule has 0 amide bonds. The normalized spacial score (nSPS) is 16.2. The molecule has 2 rings (SSSR count). The molecule has 0 aromatic heterocycles. The molecular weight excluding hydrogens is 300 g/mol. The molecule has 0 saturated carbocycles. The molecule has 2 aromatic rings. The lowest BCUT2D eigenvalue weighted by atomic mass is 9.79. The maximum atomic E-state index is 13.0. The number of ketones is 1. The van der Waals surface area contributed by atoms with Gasteiger partial charge < -0.3 is 10.2 Å². The van der Waals surface area contributed by atoms with Crippen molar-refractivity contribution in [3.05, 3.63) is 71.8 Å². The summed E-state index contributed by atoms with van der Waals surface area (Å²) in [5.41, 5.74) is 1.48. The summed E-state index contributed by atoms with van der Waals surface area (Å²) in [5, 5.41) is 21.3. The summed E-state index contributed by atoms with van der Waals surface area (Å²) in [4.78, 5) is 13.0. The van der Waals surface area contributed by atoms with E-state index in [2.05, 4.69) is 0 Å². The summed E-state index contributed by atoms with van der Waals surface area (Å²) in [6.45, 7) is 3.80. The summed E-state index contributed by atoms with van der Waals surface area (Å²) < 4.78 is 0. The van der Waals surface area contributed by atoms with Gasteiger partial charge >= 0.3 is 0 Å². The summed E-state index contributed by atoms with van der Waals surface area (Å²) in [6.07, 6.45) is -0.624. The average molecular weight is 326 g/mol. The molecule has 0 aliphatic heterocycles. The highest BCUT2D eigenvalue weighted by Gasteiger charge is 2.35. The van der Waals surface area contributed by atoms with Gasteiger partial charge in [-0.15, -0.1) is 0 Å². The summed E-state index contributed by atoms with van der Waals surface area (Å²) in [7, 11) is 0. The lowest BCUT2D eigenvalue weighted by Crippen LogP contribution is -2.31. The van der Waals surface area contributed by atoms with Crippen molar-refractivity contribution in [1.82, 2.24) is 0 Å². The van der Waals surface area contributed by atoms with E-state index in [9.17, 15) is 15.0 Å². The molecule has 2 N–H and O–H groups in total. The minimum Gasteiger partial charge on any atom is -0.388 e. The molecule has 0 bridgehead atoms. The number of carbonyl (C=O) groups excluding carboxylic acids is 1. The van der Waals surface area contributed by atoms with E-state index in [1.165, 1.54) is 0 Å². The SMILES string of the molecule is CC[C@H](C(=O)[C@@H](CC)[C@@H](O)c1ccccc1)[C@@H](O)c1ccccc1. The van der Waals surface area contributed by atoms with Crippen LogP contribution in [0.4, 0.5) is 0 Å². The Bertz CT molecular complexity index is 569. The number of aliphatic hydroxyl groups excluding tert-OH is 2. The van der Waals surface area contributed by atoms with Crippen molar-refractivity contribution < 1.29 is 15.0 Å². The fraction of sp³-hybridized carbons (Fsp3) is 0.381. The number of hydrogen-bond donors (Lipinski definition) is 2. The van der Waals surface area contributed by atoms with Gasteiger partial charge in [-0.25, -0.2) is 0 Å². The van der Waals surface area contributed by atoms with Crippen LogP contribution in [0, 0.1) is 11.8 Å². The zero-order valence-corrected chi connectivity index (χ0v) is 14.3. The van der Waals surface area contributed by atoms with Crippen LogP contribution in [-0.4, -0.2) is 16.0 Å². The van der Waals surface area contributed by atoms with Gasteiger partial charge in [-0.3, -0.25) is 4.79 Å². The Morgan fingerprint density at radius 2 is 1.08 bits per heavy atom. The van der Waals surface area contributed by atoms with E-state index in [-0.39, 0.29) is 5.78 Å². The molecule has 3 heteroatoms. The molecule has 3 nitrogen and oxygen atoms in total. The lowest BCUT2D eigenvalue weighted by Gasteiger charge is -2.28. The minimum absolute atomic E-state index is 0.0762. The van der Waals surface area contributed by atoms with Gasteiger partial charge in [0.1, 0.15) is 5.78 Å². The molecule has 0 unspecified atom stereocenters. The molecule has 0 heterocycles. The van der Waals surface area contributed by atoms with E-state index < -0.39 is 24.0 Å². The first-order valence-corrected chi connectivity index (χ1v) is 8.59. The maximum Gasteiger partial charge on any atom is 0.144 e. The second kappa shape index (κ2) is 8.76. The molecule has 0 aliphatic rings. The van der Waals surface area contributed by atoms with Crippen LogP contribution in [0.3, 0.4) is 0 Å². The number of rotatable bonds is 8. The monoisotopic (exact) mass is 326 g/mol. The first-order chi connectivity index (χ1) is 11.6. The summed E-state index contributed by atoms with van der Waals surface area (Å²) in [6, 6.07) is 18.5. The largest absolute Gasteiger partial charge is 0.388 e. The predicted molar refractivity (Wildman–Crippen MR) is 95.4 cm³/mol. The first-order valence-electron chi connectivity index (χ1n) is 8.59. The molecule has 0 aliphatic carbocycles. The molecule has 0 radical (unpaired) electrons. The highest BCUT2D eigenvalue weighted by atomic mass is 16.3. The molecular formula is C21H26O3. The molecule has 4 atom stereocenters. The molecule has 0 saturated heterocycles.